The summed E-state index contributed by atoms with van der Waals surface area (Å²) in [6.45, 7) is 3.33. The number of hydrogen-bond donors (Lipinski definition) is 7. The first-order chi connectivity index (χ1) is 34.9. The van der Waals surface area contributed by atoms with Gasteiger partial charge in [-0.15, -0.1) is 0 Å². The first-order valence-electron chi connectivity index (χ1n) is 29.8. The highest BCUT2D eigenvalue weighted by atomic mass is 32.3. The molecule has 1 rings (SSSR count). The maximum absolute atomic E-state index is 13.2. The second-order valence-corrected chi connectivity index (χ2v) is 22.1. The molecule has 0 radical (unpaired) electrons. The van der Waals surface area contributed by atoms with Gasteiger partial charge in [0.25, 0.3) is 0 Å². The van der Waals surface area contributed by atoms with E-state index in [1.807, 2.05) is 0 Å². The summed E-state index contributed by atoms with van der Waals surface area (Å²) in [5.74, 6) is -0.673. The Morgan fingerprint density at radius 2 is 0.931 bits per heavy atom. The molecule has 0 bridgehead atoms. The fourth-order valence-corrected chi connectivity index (χ4v) is 10.2. The maximum atomic E-state index is 13.2. The Kier molecular flexibility index (Phi) is 45.7. The van der Waals surface area contributed by atoms with Crippen molar-refractivity contribution in [2.45, 2.75) is 326 Å². The summed E-state index contributed by atoms with van der Waals surface area (Å²) < 4.78 is 47.9. The summed E-state index contributed by atoms with van der Waals surface area (Å²) in [6.07, 6.45) is 46.4. The summed E-state index contributed by atoms with van der Waals surface area (Å²) in [5, 5.41) is 55.8. The van der Waals surface area contributed by atoms with Crippen molar-refractivity contribution in [2.24, 2.45) is 0 Å². The van der Waals surface area contributed by atoms with E-state index in [1.54, 1.807) is 0 Å². The molecule has 8 unspecified atom stereocenters. The molecule has 8 atom stereocenters. The highest BCUT2D eigenvalue weighted by Gasteiger charge is 2.48. The number of unbranched alkanes of at least 4 members (excludes halogenated alkanes) is 35. The lowest BCUT2D eigenvalue weighted by Gasteiger charge is -2.41. The van der Waals surface area contributed by atoms with E-state index in [2.05, 4.69) is 47.7 Å². The standard InChI is InChI=1S/C58H111NO12S/c1-3-5-7-9-11-13-15-17-19-21-23-25-27-29-31-33-35-37-39-41-43-45-47-52(62)57(65)59-50(49-69-58-55(64)56(71-72(66,67)68)54(63)53(48-60)70-58)51(61)46-44-42-40-38-36-34-32-30-28-26-24-22-20-18-16-14-12-10-8-6-4-2/h23,25,29,31,50-56,58,60-64H,3-22,24,26-28,30,32-49H2,1-2H3,(H,59,65)(H,66,67,68)/b25-23-,31-29-. The van der Waals surface area contributed by atoms with Crippen molar-refractivity contribution in [3.63, 3.8) is 0 Å². The third-order valence-corrected chi connectivity index (χ3v) is 14.8. The Morgan fingerprint density at radius 3 is 1.32 bits per heavy atom. The monoisotopic (exact) mass is 1050 g/mol. The molecule has 0 spiro atoms. The maximum Gasteiger partial charge on any atom is 0.397 e. The van der Waals surface area contributed by atoms with E-state index in [1.165, 1.54) is 173 Å². The van der Waals surface area contributed by atoms with Gasteiger partial charge in [0.05, 0.1) is 25.4 Å². The summed E-state index contributed by atoms with van der Waals surface area (Å²) in [5.41, 5.74) is 0. The van der Waals surface area contributed by atoms with E-state index in [9.17, 15) is 43.3 Å². The van der Waals surface area contributed by atoms with Gasteiger partial charge >= 0.3 is 10.4 Å². The van der Waals surface area contributed by atoms with Crippen molar-refractivity contribution < 1.29 is 57.0 Å². The fraction of sp³-hybridized carbons (Fsp3) is 0.914. The quantitative estimate of drug-likeness (QED) is 0.0172. The number of carbonyl (C=O) groups excluding carboxylic acids is 1. The van der Waals surface area contributed by atoms with Crippen LogP contribution in [0, 0.1) is 0 Å². The van der Waals surface area contributed by atoms with Gasteiger partial charge in [-0.25, -0.2) is 4.18 Å². The Morgan fingerprint density at radius 1 is 0.556 bits per heavy atom. The Balaban J connectivity index is 2.41. The number of aliphatic hydroxyl groups is 5. The molecular weight excluding hydrogens is 935 g/mol. The molecule has 1 amide bonds. The molecule has 0 aromatic heterocycles. The number of aliphatic hydroxyl groups excluding tert-OH is 5. The summed E-state index contributed by atoms with van der Waals surface area (Å²) in [4.78, 5) is 13.2. The van der Waals surface area contributed by atoms with Crippen molar-refractivity contribution in [1.82, 2.24) is 5.32 Å². The van der Waals surface area contributed by atoms with Crippen LogP contribution in [0.2, 0.25) is 0 Å². The predicted molar refractivity (Wildman–Crippen MR) is 293 cm³/mol. The average Bonchev–Trinajstić information content (AvgIpc) is 3.36. The Bertz CT molecular complexity index is 1380. The van der Waals surface area contributed by atoms with Crippen LogP contribution in [-0.4, -0.2) is 107 Å². The highest BCUT2D eigenvalue weighted by Crippen LogP contribution is 2.26. The number of carbonyl (C=O) groups is 1. The number of allylic oxidation sites excluding steroid dienone is 4. The number of rotatable bonds is 52. The second kappa shape index (κ2) is 48.0. The molecule has 0 aliphatic carbocycles. The summed E-state index contributed by atoms with van der Waals surface area (Å²) >= 11 is 0. The second-order valence-electron chi connectivity index (χ2n) is 21.1. The van der Waals surface area contributed by atoms with E-state index in [-0.39, 0.29) is 6.42 Å². The van der Waals surface area contributed by atoms with E-state index < -0.39 is 78.5 Å². The van der Waals surface area contributed by atoms with Gasteiger partial charge in [0, 0.05) is 0 Å². The smallest absolute Gasteiger partial charge is 0.394 e. The van der Waals surface area contributed by atoms with E-state index in [0.717, 1.165) is 64.2 Å². The van der Waals surface area contributed by atoms with Crippen molar-refractivity contribution in [3.05, 3.63) is 24.3 Å². The van der Waals surface area contributed by atoms with Gasteiger partial charge in [-0.05, 0) is 44.9 Å². The number of amides is 1. The lowest BCUT2D eigenvalue weighted by atomic mass is 9.99. The van der Waals surface area contributed by atoms with Crippen molar-refractivity contribution >= 4 is 16.3 Å². The molecule has 0 aromatic carbocycles. The first-order valence-corrected chi connectivity index (χ1v) is 31.2. The first kappa shape index (κ1) is 68.6. The molecule has 1 heterocycles. The van der Waals surface area contributed by atoms with Gasteiger partial charge in [0.2, 0.25) is 5.91 Å². The Labute approximate surface area is 440 Å². The van der Waals surface area contributed by atoms with Gasteiger partial charge in [-0.1, -0.05) is 256 Å². The number of nitrogens with one attached hydrogen (secondary N) is 1. The zero-order valence-electron chi connectivity index (χ0n) is 45.9. The topological polar surface area (TPSA) is 212 Å². The third kappa shape index (κ3) is 39.0. The van der Waals surface area contributed by atoms with Gasteiger partial charge in [-0.3, -0.25) is 9.35 Å². The minimum absolute atomic E-state index is 0.249. The predicted octanol–water partition coefficient (Wildman–Crippen LogP) is 13.0. The van der Waals surface area contributed by atoms with Crippen LogP contribution >= 0.6 is 0 Å². The normalized spacial score (nSPS) is 19.9. The van der Waals surface area contributed by atoms with Crippen LogP contribution in [-0.2, 0) is 28.9 Å². The minimum Gasteiger partial charge on any atom is -0.394 e. The molecule has 0 aromatic rings. The van der Waals surface area contributed by atoms with Crippen LogP contribution in [0.1, 0.15) is 277 Å². The van der Waals surface area contributed by atoms with Crippen molar-refractivity contribution in [2.75, 3.05) is 13.2 Å². The molecule has 0 saturated carbocycles. The van der Waals surface area contributed by atoms with Gasteiger partial charge in [0.1, 0.15) is 30.5 Å². The van der Waals surface area contributed by atoms with Crippen molar-refractivity contribution in [1.29, 1.82) is 0 Å². The molecular formula is C58H111NO12S. The zero-order chi connectivity index (χ0) is 52.8. The largest absolute Gasteiger partial charge is 0.397 e. The SMILES string of the molecule is CCCCCCCCCCC/C=C\C/C=C\CCCCCCCCC(O)C(=O)NC(COC1OC(CO)C(O)C(OS(=O)(=O)O)C1O)C(O)CCCCCCCCCCCCCCCCCCCCCCC. The molecule has 14 heteroatoms. The van der Waals surface area contributed by atoms with Crippen LogP contribution in [0.5, 0.6) is 0 Å². The van der Waals surface area contributed by atoms with Crippen molar-refractivity contribution in [3.8, 4) is 0 Å². The van der Waals surface area contributed by atoms with Gasteiger partial charge in [-0.2, -0.15) is 8.42 Å². The molecule has 13 nitrogen and oxygen atoms in total. The van der Waals surface area contributed by atoms with E-state index >= 15 is 0 Å². The molecule has 1 fully saturated rings. The summed E-state index contributed by atoms with van der Waals surface area (Å²) in [7, 11) is -5.12. The molecule has 1 aliphatic heterocycles. The zero-order valence-corrected chi connectivity index (χ0v) is 46.7. The van der Waals surface area contributed by atoms with E-state index in [0.29, 0.717) is 19.3 Å². The Hall–Kier alpha value is -1.46. The van der Waals surface area contributed by atoms with E-state index in [4.69, 9.17) is 9.47 Å². The van der Waals surface area contributed by atoms with Crippen LogP contribution in [0.25, 0.3) is 0 Å². The van der Waals surface area contributed by atoms with Crippen LogP contribution < -0.4 is 5.32 Å². The summed E-state index contributed by atoms with van der Waals surface area (Å²) in [6, 6.07) is -1.04. The fourth-order valence-electron chi connectivity index (χ4n) is 9.68. The number of ether oxygens (including phenoxy) is 2. The van der Waals surface area contributed by atoms with Crippen LogP contribution in [0.4, 0.5) is 0 Å². The molecule has 7 N–H and O–H groups in total. The third-order valence-electron chi connectivity index (χ3n) is 14.4. The lowest BCUT2D eigenvalue weighted by molar-refractivity contribution is -0.298. The molecule has 72 heavy (non-hydrogen) atoms. The minimum atomic E-state index is -5.12. The van der Waals surface area contributed by atoms with Crippen LogP contribution in [0.15, 0.2) is 24.3 Å². The average molecular weight is 1050 g/mol. The van der Waals surface area contributed by atoms with Gasteiger partial charge < -0.3 is 40.3 Å². The molecule has 1 aliphatic rings. The molecule has 426 valence electrons. The van der Waals surface area contributed by atoms with Crippen LogP contribution in [0.3, 0.4) is 0 Å². The highest BCUT2D eigenvalue weighted by molar-refractivity contribution is 7.80. The van der Waals surface area contributed by atoms with Gasteiger partial charge in [0.15, 0.2) is 6.29 Å². The molecule has 1 saturated heterocycles. The lowest BCUT2D eigenvalue weighted by Crippen LogP contribution is -2.61. The number of hydrogen-bond acceptors (Lipinski definition) is 11.